The van der Waals surface area contributed by atoms with Crippen molar-refractivity contribution in [2.24, 2.45) is 0 Å². The van der Waals surface area contributed by atoms with Gasteiger partial charge in [-0.15, -0.1) is 0 Å². The van der Waals surface area contributed by atoms with E-state index in [9.17, 15) is 19.1 Å². The molecule has 0 heterocycles. The lowest BCUT2D eigenvalue weighted by molar-refractivity contribution is -0.384. The van der Waals surface area contributed by atoms with Crippen molar-refractivity contribution < 1.29 is 13.9 Å². The Balaban J connectivity index is 2.91. The maximum absolute atomic E-state index is 11.7. The topological polar surface area (TPSA) is 101 Å². The number of benzene rings is 1. The first kappa shape index (κ1) is 17.1. The van der Waals surface area contributed by atoms with Gasteiger partial charge in [0.2, 0.25) is 0 Å². The number of hydrogen-bond donors (Lipinski definition) is 2. The first-order valence-corrected chi connectivity index (χ1v) is 8.13. The summed E-state index contributed by atoms with van der Waals surface area (Å²) in [5.74, 6) is 0.662. The lowest BCUT2D eigenvalue weighted by atomic mass is 10.1. The molecule has 0 radical (unpaired) electrons. The van der Waals surface area contributed by atoms with Crippen LogP contribution in [0.4, 0.5) is 11.4 Å². The summed E-state index contributed by atoms with van der Waals surface area (Å²) < 4.78 is 11.4. The van der Waals surface area contributed by atoms with Crippen molar-refractivity contribution in [3.63, 3.8) is 0 Å². The smallest absolute Gasteiger partial charge is 0.292 e. The number of nitrogens with zero attached hydrogens (tertiary/aromatic N) is 1. The second kappa shape index (κ2) is 8.35. The summed E-state index contributed by atoms with van der Waals surface area (Å²) in [4.78, 5) is 22.2. The monoisotopic (exact) mass is 313 g/mol. The van der Waals surface area contributed by atoms with Crippen LogP contribution in [-0.2, 0) is 10.8 Å². The summed E-state index contributed by atoms with van der Waals surface area (Å²) in [5, 5.41) is 16.5. The van der Waals surface area contributed by atoms with Crippen molar-refractivity contribution in [2.75, 3.05) is 29.9 Å². The van der Waals surface area contributed by atoms with Crippen LogP contribution in [-0.4, -0.2) is 39.6 Å². The second-order valence-electron chi connectivity index (χ2n) is 4.21. The highest BCUT2D eigenvalue weighted by Gasteiger charge is 2.16. The Hall–Kier alpha value is -1.96. The fraction of sp³-hybridized carbons (Fsp3) is 0.462. The lowest BCUT2D eigenvalue weighted by Gasteiger charge is -2.09. The summed E-state index contributed by atoms with van der Waals surface area (Å²) in [6.45, 7) is 4.44. The van der Waals surface area contributed by atoms with Crippen LogP contribution in [0, 0.1) is 10.1 Å². The lowest BCUT2D eigenvalue weighted by Crippen LogP contribution is -2.23. The Kier molecular flexibility index (Phi) is 6.80. The van der Waals surface area contributed by atoms with E-state index in [1.54, 1.807) is 6.92 Å². The van der Waals surface area contributed by atoms with E-state index in [4.69, 9.17) is 0 Å². The first-order valence-electron chi connectivity index (χ1n) is 6.65. The van der Waals surface area contributed by atoms with Crippen molar-refractivity contribution >= 4 is 28.1 Å². The van der Waals surface area contributed by atoms with E-state index in [1.807, 2.05) is 6.92 Å². The Morgan fingerprint density at radius 1 is 1.38 bits per heavy atom. The third-order valence-corrected chi connectivity index (χ3v) is 4.06. The zero-order chi connectivity index (χ0) is 15.8. The van der Waals surface area contributed by atoms with Gasteiger partial charge in [-0.3, -0.25) is 19.1 Å². The first-order chi connectivity index (χ1) is 9.99. The van der Waals surface area contributed by atoms with Gasteiger partial charge in [-0.2, -0.15) is 0 Å². The molecule has 0 bridgehead atoms. The summed E-state index contributed by atoms with van der Waals surface area (Å²) in [5.41, 5.74) is 0.503. The molecule has 8 heteroatoms. The van der Waals surface area contributed by atoms with Gasteiger partial charge in [-0.25, -0.2) is 0 Å². The molecule has 0 aliphatic rings. The summed E-state index contributed by atoms with van der Waals surface area (Å²) in [6, 6.07) is 4.15. The molecule has 0 spiro atoms. The van der Waals surface area contributed by atoms with E-state index in [0.717, 1.165) is 0 Å². The van der Waals surface area contributed by atoms with Crippen LogP contribution >= 0.6 is 0 Å². The minimum atomic E-state index is -0.947. The van der Waals surface area contributed by atoms with Crippen molar-refractivity contribution in [3.05, 3.63) is 33.9 Å². The van der Waals surface area contributed by atoms with Crippen LogP contribution in [0.5, 0.6) is 0 Å². The number of nitro groups is 1. The molecule has 21 heavy (non-hydrogen) atoms. The summed E-state index contributed by atoms with van der Waals surface area (Å²) in [7, 11) is -0.947. The number of hydrogen-bond acceptors (Lipinski definition) is 5. The normalized spacial score (nSPS) is 11.7. The van der Waals surface area contributed by atoms with Gasteiger partial charge < -0.3 is 10.6 Å². The molecule has 1 aromatic carbocycles. The number of nitro benzene ring substituents is 1. The van der Waals surface area contributed by atoms with Crippen molar-refractivity contribution in [1.29, 1.82) is 0 Å². The minimum absolute atomic E-state index is 0.106. The number of anilines is 1. The van der Waals surface area contributed by atoms with Gasteiger partial charge in [0.1, 0.15) is 5.69 Å². The molecule has 0 aliphatic heterocycles. The SMILES string of the molecule is CCNC(=O)c1ccc([N+](=O)[O-])c(NCCS(=O)CC)c1. The van der Waals surface area contributed by atoms with E-state index >= 15 is 0 Å². The molecular formula is C13H19N3O4S. The number of amides is 1. The highest BCUT2D eigenvalue weighted by molar-refractivity contribution is 7.84. The maximum atomic E-state index is 11.7. The molecule has 1 amide bonds. The summed E-state index contributed by atoms with van der Waals surface area (Å²) in [6.07, 6.45) is 0. The summed E-state index contributed by atoms with van der Waals surface area (Å²) >= 11 is 0. The third kappa shape index (κ3) is 5.14. The zero-order valence-corrected chi connectivity index (χ0v) is 12.9. The quantitative estimate of drug-likeness (QED) is 0.560. The van der Waals surface area contributed by atoms with Crippen molar-refractivity contribution in [2.45, 2.75) is 13.8 Å². The Labute approximate surface area is 125 Å². The van der Waals surface area contributed by atoms with Crippen LogP contribution in [0.25, 0.3) is 0 Å². The molecule has 2 N–H and O–H groups in total. The van der Waals surface area contributed by atoms with Gasteiger partial charge in [0, 0.05) is 47.0 Å². The van der Waals surface area contributed by atoms with Gasteiger partial charge in [0.15, 0.2) is 0 Å². The fourth-order valence-corrected chi connectivity index (χ4v) is 2.30. The van der Waals surface area contributed by atoms with Crippen LogP contribution in [0.15, 0.2) is 18.2 Å². The Morgan fingerprint density at radius 2 is 2.10 bits per heavy atom. The van der Waals surface area contributed by atoms with Crippen molar-refractivity contribution in [3.8, 4) is 0 Å². The molecule has 0 saturated carbocycles. The number of nitrogens with one attached hydrogen (secondary N) is 2. The average molecular weight is 313 g/mol. The van der Waals surface area contributed by atoms with E-state index in [0.29, 0.717) is 30.2 Å². The minimum Gasteiger partial charge on any atom is -0.379 e. The molecule has 0 saturated heterocycles. The Morgan fingerprint density at radius 3 is 2.67 bits per heavy atom. The molecule has 0 fully saturated rings. The molecule has 0 aromatic heterocycles. The highest BCUT2D eigenvalue weighted by Crippen LogP contribution is 2.25. The third-order valence-electron chi connectivity index (χ3n) is 2.76. The van der Waals surface area contributed by atoms with Crippen LogP contribution in [0.3, 0.4) is 0 Å². The zero-order valence-electron chi connectivity index (χ0n) is 12.0. The number of rotatable bonds is 8. The molecule has 1 unspecified atom stereocenters. The molecule has 0 aliphatic carbocycles. The van der Waals surface area contributed by atoms with Crippen LogP contribution in [0.2, 0.25) is 0 Å². The second-order valence-corrected chi connectivity index (χ2v) is 6.07. The number of carbonyl (C=O) groups is 1. The highest BCUT2D eigenvalue weighted by atomic mass is 32.2. The van der Waals surface area contributed by atoms with Crippen LogP contribution < -0.4 is 10.6 Å². The van der Waals surface area contributed by atoms with E-state index in [2.05, 4.69) is 10.6 Å². The van der Waals surface area contributed by atoms with E-state index < -0.39 is 15.7 Å². The number of carbonyl (C=O) groups excluding carboxylic acids is 1. The molecule has 116 valence electrons. The molecule has 1 aromatic rings. The molecule has 1 rings (SSSR count). The van der Waals surface area contributed by atoms with E-state index in [1.165, 1.54) is 18.2 Å². The Bertz CT molecular complexity index is 548. The maximum Gasteiger partial charge on any atom is 0.292 e. The van der Waals surface area contributed by atoms with Gasteiger partial charge in [-0.05, 0) is 19.1 Å². The van der Waals surface area contributed by atoms with E-state index in [-0.39, 0.29) is 17.3 Å². The van der Waals surface area contributed by atoms with Crippen molar-refractivity contribution in [1.82, 2.24) is 5.32 Å². The van der Waals surface area contributed by atoms with Gasteiger partial charge in [-0.1, -0.05) is 6.92 Å². The molecule has 7 nitrogen and oxygen atoms in total. The van der Waals surface area contributed by atoms with Gasteiger partial charge >= 0.3 is 0 Å². The molecular weight excluding hydrogens is 294 g/mol. The largest absolute Gasteiger partial charge is 0.379 e. The fourth-order valence-electron chi connectivity index (χ4n) is 1.68. The van der Waals surface area contributed by atoms with Gasteiger partial charge in [0.05, 0.1) is 4.92 Å². The predicted molar refractivity (Wildman–Crippen MR) is 83.1 cm³/mol. The van der Waals surface area contributed by atoms with Gasteiger partial charge in [0.25, 0.3) is 11.6 Å². The predicted octanol–water partition coefficient (Wildman–Crippen LogP) is 1.53. The van der Waals surface area contributed by atoms with Crippen LogP contribution in [0.1, 0.15) is 24.2 Å². The standard InChI is InChI=1S/C13H19N3O4S/c1-3-14-13(17)10-5-6-12(16(18)19)11(9-10)15-7-8-21(20)4-2/h5-6,9,15H,3-4,7-8H2,1-2H3,(H,14,17). The average Bonchev–Trinajstić information content (AvgIpc) is 2.46. The molecule has 1 atom stereocenters.